The molecule has 0 heterocycles. The van der Waals surface area contributed by atoms with E-state index in [0.29, 0.717) is 25.4 Å². The number of rotatable bonds is 8. The smallest absolute Gasteiger partial charge is 0.224 e. The van der Waals surface area contributed by atoms with Crippen LogP contribution >= 0.6 is 0 Å². The fourth-order valence-electron chi connectivity index (χ4n) is 1.70. The molecule has 0 spiro atoms. The number of hydrogen-bond donors (Lipinski definition) is 2. The van der Waals surface area contributed by atoms with E-state index in [9.17, 15) is 13.2 Å². The maximum absolute atomic E-state index is 11.6. The number of amides is 1. The summed E-state index contributed by atoms with van der Waals surface area (Å²) in [5.41, 5.74) is 0. The van der Waals surface area contributed by atoms with Crippen LogP contribution in [-0.2, 0) is 14.6 Å². The number of carbonyl (C=O) groups is 1. The second-order valence-corrected chi connectivity index (χ2v) is 6.86. The molecule has 21 heavy (non-hydrogen) atoms. The zero-order valence-corrected chi connectivity index (χ0v) is 13.4. The van der Waals surface area contributed by atoms with Crippen molar-refractivity contribution in [2.24, 2.45) is 5.92 Å². The summed E-state index contributed by atoms with van der Waals surface area (Å²) in [5, 5.41) is 5.71. The summed E-state index contributed by atoms with van der Waals surface area (Å²) in [6, 6.07) is 6.19. The fourth-order valence-corrected chi connectivity index (χ4v) is 2.33. The minimum atomic E-state index is -3.19. The minimum Gasteiger partial charge on any atom is -0.492 e. The lowest BCUT2D eigenvalue weighted by molar-refractivity contribution is -0.124. The molecule has 0 aromatic heterocycles. The van der Waals surface area contributed by atoms with Gasteiger partial charge < -0.3 is 15.4 Å². The Balaban J connectivity index is 2.35. The van der Waals surface area contributed by atoms with Gasteiger partial charge in [0, 0.05) is 18.7 Å². The van der Waals surface area contributed by atoms with Crippen LogP contribution in [0.25, 0.3) is 0 Å². The van der Waals surface area contributed by atoms with Crippen LogP contribution in [0.1, 0.15) is 6.92 Å². The van der Waals surface area contributed by atoms with Crippen LogP contribution in [0.2, 0.25) is 0 Å². The average Bonchev–Trinajstić information content (AvgIpc) is 2.43. The zero-order valence-electron chi connectivity index (χ0n) is 12.5. The van der Waals surface area contributed by atoms with Gasteiger partial charge >= 0.3 is 0 Å². The molecule has 1 amide bonds. The first-order valence-electron chi connectivity index (χ1n) is 6.70. The molecule has 0 bridgehead atoms. The SMILES string of the molecule is CNCC(C)C(=O)NCCOc1ccc(S(C)(=O)=O)cc1. The second-order valence-electron chi connectivity index (χ2n) is 4.84. The highest BCUT2D eigenvalue weighted by Crippen LogP contribution is 2.15. The van der Waals surface area contributed by atoms with Crippen molar-refractivity contribution in [2.45, 2.75) is 11.8 Å². The number of benzene rings is 1. The van der Waals surface area contributed by atoms with Gasteiger partial charge in [0.15, 0.2) is 9.84 Å². The highest BCUT2D eigenvalue weighted by atomic mass is 32.2. The number of hydrogen-bond acceptors (Lipinski definition) is 5. The van der Waals surface area contributed by atoms with E-state index in [2.05, 4.69) is 10.6 Å². The van der Waals surface area contributed by atoms with Gasteiger partial charge in [-0.05, 0) is 31.3 Å². The van der Waals surface area contributed by atoms with Gasteiger partial charge in [0.05, 0.1) is 11.4 Å². The van der Waals surface area contributed by atoms with Gasteiger partial charge in [-0.1, -0.05) is 6.92 Å². The molecular weight excluding hydrogens is 292 g/mol. The lowest BCUT2D eigenvalue weighted by Crippen LogP contribution is -2.36. The van der Waals surface area contributed by atoms with Gasteiger partial charge in [0.25, 0.3) is 0 Å². The molecule has 1 rings (SSSR count). The highest BCUT2D eigenvalue weighted by molar-refractivity contribution is 7.90. The van der Waals surface area contributed by atoms with E-state index in [1.54, 1.807) is 19.2 Å². The molecule has 1 atom stereocenters. The molecule has 6 nitrogen and oxygen atoms in total. The first-order valence-corrected chi connectivity index (χ1v) is 8.59. The summed E-state index contributed by atoms with van der Waals surface area (Å²) < 4.78 is 28.0. The van der Waals surface area contributed by atoms with Gasteiger partial charge in [0.2, 0.25) is 5.91 Å². The number of nitrogens with one attached hydrogen (secondary N) is 2. The van der Waals surface area contributed by atoms with Crippen molar-refractivity contribution in [3.63, 3.8) is 0 Å². The van der Waals surface area contributed by atoms with Crippen LogP contribution in [0.15, 0.2) is 29.2 Å². The van der Waals surface area contributed by atoms with Crippen molar-refractivity contribution in [1.29, 1.82) is 0 Å². The van der Waals surface area contributed by atoms with Crippen molar-refractivity contribution in [1.82, 2.24) is 10.6 Å². The highest BCUT2D eigenvalue weighted by Gasteiger charge is 2.10. The molecule has 0 aliphatic heterocycles. The van der Waals surface area contributed by atoms with E-state index >= 15 is 0 Å². The van der Waals surface area contributed by atoms with Crippen molar-refractivity contribution in [3.05, 3.63) is 24.3 Å². The third-order valence-corrected chi connectivity index (χ3v) is 4.01. The lowest BCUT2D eigenvalue weighted by atomic mass is 10.1. The molecule has 0 saturated carbocycles. The van der Waals surface area contributed by atoms with Gasteiger partial charge in [-0.25, -0.2) is 8.42 Å². The average molecular weight is 314 g/mol. The van der Waals surface area contributed by atoms with E-state index in [-0.39, 0.29) is 16.7 Å². The normalized spacial score (nSPS) is 12.7. The largest absolute Gasteiger partial charge is 0.492 e. The Morgan fingerprint density at radius 2 is 1.90 bits per heavy atom. The van der Waals surface area contributed by atoms with Gasteiger partial charge in [-0.2, -0.15) is 0 Å². The number of ether oxygens (including phenoxy) is 1. The van der Waals surface area contributed by atoms with Gasteiger partial charge in [-0.15, -0.1) is 0 Å². The molecule has 0 radical (unpaired) electrons. The van der Waals surface area contributed by atoms with Crippen LogP contribution in [-0.4, -0.2) is 47.3 Å². The third kappa shape index (κ3) is 6.14. The molecule has 118 valence electrons. The lowest BCUT2D eigenvalue weighted by Gasteiger charge is -2.12. The van der Waals surface area contributed by atoms with Crippen LogP contribution in [0, 0.1) is 5.92 Å². The molecule has 0 fully saturated rings. The molecular formula is C14H22N2O4S. The van der Waals surface area contributed by atoms with Crippen molar-refractivity contribution in [3.8, 4) is 5.75 Å². The molecule has 1 aromatic rings. The Morgan fingerprint density at radius 1 is 1.29 bits per heavy atom. The predicted octanol–water partition coefficient (Wildman–Crippen LogP) is 0.441. The summed E-state index contributed by atoms with van der Waals surface area (Å²) >= 11 is 0. The van der Waals surface area contributed by atoms with Crippen LogP contribution in [0.3, 0.4) is 0 Å². The molecule has 1 unspecified atom stereocenters. The van der Waals surface area contributed by atoms with Crippen LogP contribution in [0.5, 0.6) is 5.75 Å². The maximum Gasteiger partial charge on any atom is 0.224 e. The number of carbonyl (C=O) groups excluding carboxylic acids is 1. The quantitative estimate of drug-likeness (QED) is 0.680. The molecule has 1 aromatic carbocycles. The Labute approximate surface area is 125 Å². The molecule has 7 heteroatoms. The summed E-state index contributed by atoms with van der Waals surface area (Å²) in [6.45, 7) is 3.20. The van der Waals surface area contributed by atoms with Crippen molar-refractivity contribution in [2.75, 3.05) is 33.0 Å². The van der Waals surface area contributed by atoms with E-state index in [1.807, 2.05) is 6.92 Å². The monoisotopic (exact) mass is 314 g/mol. The molecule has 2 N–H and O–H groups in total. The standard InChI is InChI=1S/C14H22N2O4S/c1-11(10-15-2)14(17)16-8-9-20-12-4-6-13(7-5-12)21(3,18)19/h4-7,11,15H,8-10H2,1-3H3,(H,16,17). The minimum absolute atomic E-state index is 0.0274. The first kappa shape index (κ1) is 17.5. The predicted molar refractivity (Wildman–Crippen MR) is 81.1 cm³/mol. The van der Waals surface area contributed by atoms with Crippen molar-refractivity contribution < 1.29 is 17.9 Å². The summed E-state index contributed by atoms with van der Waals surface area (Å²) in [7, 11) is -1.39. The molecule has 0 saturated heterocycles. The Hall–Kier alpha value is -1.60. The first-order chi connectivity index (χ1) is 9.84. The van der Waals surface area contributed by atoms with Crippen molar-refractivity contribution >= 4 is 15.7 Å². The Bertz CT molecular complexity index is 555. The van der Waals surface area contributed by atoms with E-state index in [1.165, 1.54) is 12.1 Å². The van der Waals surface area contributed by atoms with Gasteiger partial charge in [0.1, 0.15) is 12.4 Å². The summed E-state index contributed by atoms with van der Waals surface area (Å²) in [4.78, 5) is 11.9. The zero-order chi connectivity index (χ0) is 15.9. The van der Waals surface area contributed by atoms with Crippen LogP contribution < -0.4 is 15.4 Å². The molecule has 0 aliphatic carbocycles. The Kier molecular flexibility index (Phi) is 6.64. The van der Waals surface area contributed by atoms with E-state index in [4.69, 9.17) is 4.74 Å². The summed E-state index contributed by atoms with van der Waals surface area (Å²) in [5.74, 6) is 0.448. The summed E-state index contributed by atoms with van der Waals surface area (Å²) in [6.07, 6.45) is 1.16. The topological polar surface area (TPSA) is 84.5 Å². The van der Waals surface area contributed by atoms with E-state index in [0.717, 1.165) is 6.26 Å². The Morgan fingerprint density at radius 3 is 2.43 bits per heavy atom. The fraction of sp³-hybridized carbons (Fsp3) is 0.500. The number of sulfone groups is 1. The third-order valence-electron chi connectivity index (χ3n) is 2.88. The molecule has 0 aliphatic rings. The van der Waals surface area contributed by atoms with Crippen LogP contribution in [0.4, 0.5) is 0 Å². The second kappa shape index (κ2) is 7.99. The van der Waals surface area contributed by atoms with Gasteiger partial charge in [-0.3, -0.25) is 4.79 Å². The maximum atomic E-state index is 11.6. The van der Waals surface area contributed by atoms with E-state index < -0.39 is 9.84 Å².